The normalized spacial score (nSPS) is 26.6. The molecule has 2 aliphatic rings. The molecule has 6 heteroatoms. The van der Waals surface area contributed by atoms with E-state index in [0.717, 1.165) is 30.6 Å². The van der Waals surface area contributed by atoms with Gasteiger partial charge < -0.3 is 4.90 Å². The van der Waals surface area contributed by atoms with Crippen LogP contribution in [-0.4, -0.2) is 52.1 Å². The number of amides is 1. The summed E-state index contributed by atoms with van der Waals surface area (Å²) < 4.78 is 13.2. The van der Waals surface area contributed by atoms with Gasteiger partial charge in [0, 0.05) is 18.5 Å². The van der Waals surface area contributed by atoms with Gasteiger partial charge in [0.05, 0.1) is 11.7 Å². The number of carbonyl (C=O) groups is 1. The number of H-pyrrole nitrogens is 1. The Morgan fingerprint density at radius 2 is 2.08 bits per heavy atom. The van der Waals surface area contributed by atoms with Crippen LogP contribution in [0.2, 0.25) is 0 Å². The summed E-state index contributed by atoms with van der Waals surface area (Å²) in [5.74, 6) is -0.00662. The zero-order valence-corrected chi connectivity index (χ0v) is 15.3. The fourth-order valence-corrected chi connectivity index (χ4v) is 4.36. The van der Waals surface area contributed by atoms with Crippen molar-refractivity contribution in [2.45, 2.75) is 44.2 Å². The fraction of sp³-hybridized carbons (Fsp3) is 0.500. The maximum atomic E-state index is 13.2. The van der Waals surface area contributed by atoms with Gasteiger partial charge in [0.1, 0.15) is 11.5 Å². The topological polar surface area (TPSA) is 52.2 Å². The van der Waals surface area contributed by atoms with E-state index in [2.05, 4.69) is 29.1 Å². The SMILES string of the molecule is CC1CC(c2ccc(F)cc2)CN1C(=O)c1cc(C2CCCN2C)[nH]n1. The Bertz CT molecular complexity index is 787. The number of rotatable bonds is 3. The standard InChI is InChI=1S/C20H25FN4O/c1-13-10-15(14-5-7-16(21)8-6-14)12-25(13)20(26)18-11-17(22-23-18)19-4-3-9-24(19)2/h5-8,11,13,15,19H,3-4,9-10,12H2,1-2H3,(H,22,23). The molecule has 2 aliphatic heterocycles. The highest BCUT2D eigenvalue weighted by Gasteiger charge is 2.35. The Labute approximate surface area is 153 Å². The molecule has 1 N–H and O–H groups in total. The first-order valence-electron chi connectivity index (χ1n) is 9.35. The highest BCUT2D eigenvalue weighted by atomic mass is 19.1. The summed E-state index contributed by atoms with van der Waals surface area (Å²) in [5.41, 5.74) is 2.60. The largest absolute Gasteiger partial charge is 0.334 e. The molecule has 5 nitrogen and oxygen atoms in total. The number of carbonyl (C=O) groups excluding carboxylic acids is 1. The Morgan fingerprint density at radius 1 is 1.31 bits per heavy atom. The number of hydrogen-bond donors (Lipinski definition) is 1. The molecule has 3 unspecified atom stereocenters. The molecule has 0 aliphatic carbocycles. The maximum Gasteiger partial charge on any atom is 0.274 e. The summed E-state index contributed by atoms with van der Waals surface area (Å²) in [7, 11) is 2.11. The molecule has 1 aromatic heterocycles. The van der Waals surface area contributed by atoms with E-state index in [4.69, 9.17) is 0 Å². The Balaban J connectivity index is 1.48. The van der Waals surface area contributed by atoms with Crippen LogP contribution in [0.15, 0.2) is 30.3 Å². The number of benzene rings is 1. The van der Waals surface area contributed by atoms with Crippen LogP contribution < -0.4 is 0 Å². The van der Waals surface area contributed by atoms with Crippen molar-refractivity contribution in [2.24, 2.45) is 0 Å². The highest BCUT2D eigenvalue weighted by molar-refractivity contribution is 5.93. The molecule has 2 aromatic rings. The molecule has 1 amide bonds. The Morgan fingerprint density at radius 3 is 2.77 bits per heavy atom. The number of aromatic amines is 1. The van der Waals surface area contributed by atoms with Crippen molar-refractivity contribution in [2.75, 3.05) is 20.1 Å². The molecule has 4 rings (SSSR count). The van der Waals surface area contributed by atoms with Crippen molar-refractivity contribution in [3.8, 4) is 0 Å². The average Bonchev–Trinajstić information content (AvgIpc) is 3.34. The third-order valence-corrected chi connectivity index (χ3v) is 5.87. The van der Waals surface area contributed by atoms with Gasteiger partial charge in [-0.3, -0.25) is 14.8 Å². The summed E-state index contributed by atoms with van der Waals surface area (Å²) in [6.07, 6.45) is 3.16. The second kappa shape index (κ2) is 6.83. The van der Waals surface area contributed by atoms with Crippen LogP contribution in [0.5, 0.6) is 0 Å². The molecule has 2 fully saturated rings. The van der Waals surface area contributed by atoms with Crippen molar-refractivity contribution in [3.63, 3.8) is 0 Å². The average molecular weight is 356 g/mol. The number of likely N-dealkylation sites (tertiary alicyclic amines) is 2. The van der Waals surface area contributed by atoms with Gasteiger partial charge in [-0.1, -0.05) is 12.1 Å². The molecule has 26 heavy (non-hydrogen) atoms. The minimum atomic E-state index is -0.228. The van der Waals surface area contributed by atoms with Gasteiger partial charge in [0.2, 0.25) is 0 Å². The van der Waals surface area contributed by atoms with E-state index in [9.17, 15) is 9.18 Å². The van der Waals surface area contributed by atoms with E-state index in [1.165, 1.54) is 18.6 Å². The number of halogens is 1. The quantitative estimate of drug-likeness (QED) is 0.918. The van der Waals surface area contributed by atoms with E-state index in [0.29, 0.717) is 18.3 Å². The van der Waals surface area contributed by atoms with Crippen LogP contribution in [-0.2, 0) is 0 Å². The first-order valence-corrected chi connectivity index (χ1v) is 9.35. The van der Waals surface area contributed by atoms with Crippen LogP contribution in [0.1, 0.15) is 59.9 Å². The van der Waals surface area contributed by atoms with Crippen molar-refractivity contribution in [3.05, 3.63) is 53.1 Å². The van der Waals surface area contributed by atoms with Gasteiger partial charge in [-0.05, 0) is 63.5 Å². The van der Waals surface area contributed by atoms with Crippen LogP contribution in [0.4, 0.5) is 4.39 Å². The first kappa shape index (κ1) is 17.2. The van der Waals surface area contributed by atoms with E-state index in [-0.39, 0.29) is 23.7 Å². The molecule has 0 saturated carbocycles. The minimum Gasteiger partial charge on any atom is -0.334 e. The lowest BCUT2D eigenvalue weighted by Crippen LogP contribution is -2.34. The molecule has 2 saturated heterocycles. The molecule has 3 atom stereocenters. The van der Waals surface area contributed by atoms with Gasteiger partial charge in [-0.25, -0.2) is 4.39 Å². The molecule has 3 heterocycles. The fourth-order valence-electron chi connectivity index (χ4n) is 4.36. The number of nitrogens with one attached hydrogen (secondary N) is 1. The van der Waals surface area contributed by atoms with Gasteiger partial charge in [0.25, 0.3) is 5.91 Å². The molecule has 0 radical (unpaired) electrons. The molecule has 0 spiro atoms. The van der Waals surface area contributed by atoms with Gasteiger partial charge in [0.15, 0.2) is 0 Å². The van der Waals surface area contributed by atoms with Crippen LogP contribution in [0, 0.1) is 5.82 Å². The lowest BCUT2D eigenvalue weighted by molar-refractivity contribution is 0.0740. The predicted molar refractivity (Wildman–Crippen MR) is 97.4 cm³/mol. The van der Waals surface area contributed by atoms with E-state index in [1.807, 2.05) is 23.1 Å². The number of hydrogen-bond acceptors (Lipinski definition) is 3. The molecule has 138 valence electrons. The van der Waals surface area contributed by atoms with Crippen molar-refractivity contribution < 1.29 is 9.18 Å². The predicted octanol–water partition coefficient (Wildman–Crippen LogP) is 3.33. The lowest BCUT2D eigenvalue weighted by Gasteiger charge is -2.20. The molecular formula is C20H25FN4O. The van der Waals surface area contributed by atoms with Gasteiger partial charge in [-0.2, -0.15) is 5.10 Å². The monoisotopic (exact) mass is 356 g/mol. The number of nitrogens with zero attached hydrogens (tertiary/aromatic N) is 3. The van der Waals surface area contributed by atoms with Crippen LogP contribution >= 0.6 is 0 Å². The van der Waals surface area contributed by atoms with Crippen LogP contribution in [0.25, 0.3) is 0 Å². The maximum absolute atomic E-state index is 13.2. The zero-order valence-electron chi connectivity index (χ0n) is 15.3. The first-order chi connectivity index (χ1) is 12.5. The van der Waals surface area contributed by atoms with Crippen molar-refractivity contribution in [1.29, 1.82) is 0 Å². The van der Waals surface area contributed by atoms with Crippen LogP contribution in [0.3, 0.4) is 0 Å². The summed E-state index contributed by atoms with van der Waals surface area (Å²) in [6.45, 7) is 3.80. The van der Waals surface area contributed by atoms with E-state index < -0.39 is 0 Å². The zero-order chi connectivity index (χ0) is 18.3. The van der Waals surface area contributed by atoms with E-state index >= 15 is 0 Å². The highest BCUT2D eigenvalue weighted by Crippen LogP contribution is 2.33. The van der Waals surface area contributed by atoms with Gasteiger partial charge in [-0.15, -0.1) is 0 Å². The smallest absolute Gasteiger partial charge is 0.274 e. The van der Waals surface area contributed by atoms with E-state index in [1.54, 1.807) is 0 Å². The molecule has 0 bridgehead atoms. The third-order valence-electron chi connectivity index (χ3n) is 5.87. The Kier molecular flexibility index (Phi) is 4.53. The lowest BCUT2D eigenvalue weighted by atomic mass is 9.97. The second-order valence-electron chi connectivity index (χ2n) is 7.64. The molecule has 1 aromatic carbocycles. The summed E-state index contributed by atoms with van der Waals surface area (Å²) in [5, 5.41) is 7.36. The van der Waals surface area contributed by atoms with Crippen molar-refractivity contribution in [1.82, 2.24) is 20.0 Å². The Hall–Kier alpha value is -2.21. The minimum absolute atomic E-state index is 0.0229. The number of aromatic nitrogens is 2. The third kappa shape index (κ3) is 3.14. The summed E-state index contributed by atoms with van der Waals surface area (Å²) >= 11 is 0. The van der Waals surface area contributed by atoms with Crippen molar-refractivity contribution >= 4 is 5.91 Å². The summed E-state index contributed by atoms with van der Waals surface area (Å²) in [6, 6.07) is 9.00. The van der Waals surface area contributed by atoms with Gasteiger partial charge >= 0.3 is 0 Å². The summed E-state index contributed by atoms with van der Waals surface area (Å²) in [4.78, 5) is 17.2. The second-order valence-corrected chi connectivity index (χ2v) is 7.64. The molecular weight excluding hydrogens is 331 g/mol.